The number of likely N-dealkylation sites (N-methyl/N-ethyl adjacent to an activating group) is 1. The molecule has 0 aliphatic carbocycles. The van der Waals surface area contributed by atoms with Crippen molar-refractivity contribution in [1.82, 2.24) is 10.2 Å². The molecule has 0 aromatic rings. The van der Waals surface area contributed by atoms with Crippen LogP contribution in [0.2, 0.25) is 0 Å². The van der Waals surface area contributed by atoms with Crippen LogP contribution < -0.4 is 11.1 Å². The SMILES string of the molecule is CC(C)C(CN(C)C)NC(=O)[C@H](N)C(C)(C)C. The van der Waals surface area contributed by atoms with E-state index < -0.39 is 6.04 Å². The molecule has 0 saturated heterocycles. The predicted molar refractivity (Wildman–Crippen MR) is 72.8 cm³/mol. The first-order valence-corrected chi connectivity index (χ1v) is 6.26. The number of nitrogens with one attached hydrogen (secondary N) is 1. The molecule has 0 aliphatic rings. The zero-order valence-electron chi connectivity index (χ0n) is 12.4. The molecule has 1 amide bonds. The highest BCUT2D eigenvalue weighted by molar-refractivity contribution is 5.82. The Kier molecular flexibility index (Phi) is 6.13. The summed E-state index contributed by atoms with van der Waals surface area (Å²) in [5.74, 6) is 0.339. The zero-order valence-corrected chi connectivity index (χ0v) is 12.4. The molecular formula is C13H29N3O. The number of carbonyl (C=O) groups excluding carboxylic acids is 1. The molecule has 0 heterocycles. The van der Waals surface area contributed by atoms with Crippen molar-refractivity contribution in [3.8, 4) is 0 Å². The van der Waals surface area contributed by atoms with E-state index in [2.05, 4.69) is 24.1 Å². The van der Waals surface area contributed by atoms with Crippen molar-refractivity contribution in [3.63, 3.8) is 0 Å². The third kappa shape index (κ3) is 6.03. The molecule has 0 spiro atoms. The van der Waals surface area contributed by atoms with E-state index in [1.165, 1.54) is 0 Å². The Morgan fingerprint density at radius 2 is 1.76 bits per heavy atom. The van der Waals surface area contributed by atoms with Crippen molar-refractivity contribution >= 4 is 5.91 Å². The summed E-state index contributed by atoms with van der Waals surface area (Å²) < 4.78 is 0. The van der Waals surface area contributed by atoms with Crippen molar-refractivity contribution in [3.05, 3.63) is 0 Å². The maximum atomic E-state index is 12.0. The van der Waals surface area contributed by atoms with E-state index in [0.29, 0.717) is 5.92 Å². The summed E-state index contributed by atoms with van der Waals surface area (Å²) in [5, 5.41) is 3.05. The molecule has 4 heteroatoms. The van der Waals surface area contributed by atoms with Gasteiger partial charge in [0.2, 0.25) is 5.91 Å². The minimum Gasteiger partial charge on any atom is -0.350 e. The molecular weight excluding hydrogens is 214 g/mol. The van der Waals surface area contributed by atoms with Crippen LogP contribution in [0.5, 0.6) is 0 Å². The van der Waals surface area contributed by atoms with Crippen LogP contribution in [0.15, 0.2) is 0 Å². The second kappa shape index (κ2) is 6.36. The molecule has 0 saturated carbocycles. The molecule has 0 aliphatic heterocycles. The quantitative estimate of drug-likeness (QED) is 0.759. The Morgan fingerprint density at radius 1 is 1.29 bits per heavy atom. The fourth-order valence-electron chi connectivity index (χ4n) is 1.48. The number of hydrogen-bond acceptors (Lipinski definition) is 3. The normalized spacial score (nSPS) is 16.1. The maximum Gasteiger partial charge on any atom is 0.237 e. The lowest BCUT2D eigenvalue weighted by Crippen LogP contribution is -2.54. The standard InChI is InChI=1S/C13H29N3O/c1-9(2)10(8-16(6)7)15-12(17)11(14)13(3,4)5/h9-11H,8,14H2,1-7H3,(H,15,17)/t10?,11-/m0/s1. The number of amides is 1. The van der Waals surface area contributed by atoms with Crippen molar-refractivity contribution in [2.45, 2.75) is 46.7 Å². The van der Waals surface area contributed by atoms with E-state index in [1.54, 1.807) is 0 Å². The molecule has 0 rings (SSSR count). The van der Waals surface area contributed by atoms with E-state index >= 15 is 0 Å². The summed E-state index contributed by atoms with van der Waals surface area (Å²) in [6.07, 6.45) is 0. The lowest BCUT2D eigenvalue weighted by atomic mass is 9.86. The highest BCUT2D eigenvalue weighted by Gasteiger charge is 2.29. The molecule has 17 heavy (non-hydrogen) atoms. The minimum absolute atomic E-state index is 0.0574. The van der Waals surface area contributed by atoms with Crippen LogP contribution in [-0.2, 0) is 4.79 Å². The number of rotatable bonds is 5. The molecule has 102 valence electrons. The number of hydrogen-bond donors (Lipinski definition) is 2. The van der Waals surface area contributed by atoms with Gasteiger partial charge in [-0.3, -0.25) is 4.79 Å². The first-order valence-electron chi connectivity index (χ1n) is 6.26. The summed E-state index contributed by atoms with van der Waals surface area (Å²) in [4.78, 5) is 14.1. The lowest BCUT2D eigenvalue weighted by Gasteiger charge is -2.31. The van der Waals surface area contributed by atoms with E-state index in [1.807, 2.05) is 34.9 Å². The van der Waals surface area contributed by atoms with Gasteiger partial charge in [0.15, 0.2) is 0 Å². The van der Waals surface area contributed by atoms with Crippen molar-refractivity contribution < 1.29 is 4.79 Å². The number of carbonyl (C=O) groups is 1. The largest absolute Gasteiger partial charge is 0.350 e. The topological polar surface area (TPSA) is 58.4 Å². The second-order valence-corrected chi connectivity index (χ2v) is 6.47. The third-order valence-corrected chi connectivity index (χ3v) is 2.91. The minimum atomic E-state index is -0.467. The van der Waals surface area contributed by atoms with Gasteiger partial charge in [-0.15, -0.1) is 0 Å². The van der Waals surface area contributed by atoms with Gasteiger partial charge in [-0.1, -0.05) is 34.6 Å². The summed E-state index contributed by atoms with van der Waals surface area (Å²) in [7, 11) is 4.01. The van der Waals surface area contributed by atoms with Gasteiger partial charge in [0.1, 0.15) is 0 Å². The Balaban J connectivity index is 4.51. The van der Waals surface area contributed by atoms with Gasteiger partial charge < -0.3 is 16.0 Å². The third-order valence-electron chi connectivity index (χ3n) is 2.91. The average molecular weight is 243 g/mol. The summed E-state index contributed by atoms with van der Waals surface area (Å²) >= 11 is 0. The highest BCUT2D eigenvalue weighted by atomic mass is 16.2. The van der Waals surface area contributed by atoms with Crippen LogP contribution >= 0.6 is 0 Å². The van der Waals surface area contributed by atoms with E-state index in [-0.39, 0.29) is 17.4 Å². The molecule has 0 fully saturated rings. The van der Waals surface area contributed by atoms with E-state index in [9.17, 15) is 4.79 Å². The summed E-state index contributed by atoms with van der Waals surface area (Å²) in [6.45, 7) is 11.0. The summed E-state index contributed by atoms with van der Waals surface area (Å²) in [6, 6.07) is -0.322. The Bertz CT molecular complexity index is 244. The maximum absolute atomic E-state index is 12.0. The van der Waals surface area contributed by atoms with E-state index in [4.69, 9.17) is 5.73 Å². The molecule has 4 nitrogen and oxygen atoms in total. The first-order chi connectivity index (χ1) is 7.55. The van der Waals surface area contributed by atoms with Gasteiger partial charge in [0.05, 0.1) is 6.04 Å². The molecule has 2 atom stereocenters. The first kappa shape index (κ1) is 16.4. The van der Waals surface area contributed by atoms with Gasteiger partial charge in [-0.25, -0.2) is 0 Å². The Morgan fingerprint density at radius 3 is 2.06 bits per heavy atom. The second-order valence-electron chi connectivity index (χ2n) is 6.47. The van der Waals surface area contributed by atoms with Crippen LogP contribution in [0.1, 0.15) is 34.6 Å². The fraction of sp³-hybridized carbons (Fsp3) is 0.923. The Hall–Kier alpha value is -0.610. The van der Waals surface area contributed by atoms with Crippen LogP contribution in [0.4, 0.5) is 0 Å². The van der Waals surface area contributed by atoms with E-state index in [0.717, 1.165) is 6.54 Å². The van der Waals surface area contributed by atoms with Crippen LogP contribution in [0.3, 0.4) is 0 Å². The molecule has 0 bridgehead atoms. The number of nitrogens with zero attached hydrogens (tertiary/aromatic N) is 1. The smallest absolute Gasteiger partial charge is 0.237 e. The predicted octanol–water partition coefficient (Wildman–Crippen LogP) is 1.06. The van der Waals surface area contributed by atoms with Crippen molar-refractivity contribution in [1.29, 1.82) is 0 Å². The molecule has 0 aromatic carbocycles. The summed E-state index contributed by atoms with van der Waals surface area (Å²) in [5.41, 5.74) is 5.74. The van der Waals surface area contributed by atoms with Crippen molar-refractivity contribution in [2.75, 3.05) is 20.6 Å². The molecule has 0 radical (unpaired) electrons. The van der Waals surface area contributed by atoms with Gasteiger partial charge >= 0.3 is 0 Å². The fourth-order valence-corrected chi connectivity index (χ4v) is 1.48. The van der Waals surface area contributed by atoms with Gasteiger partial charge in [0, 0.05) is 12.6 Å². The highest BCUT2D eigenvalue weighted by Crippen LogP contribution is 2.17. The lowest BCUT2D eigenvalue weighted by molar-refractivity contribution is -0.125. The van der Waals surface area contributed by atoms with Gasteiger partial charge in [-0.2, -0.15) is 0 Å². The number of nitrogens with two attached hydrogens (primary N) is 1. The molecule has 1 unspecified atom stereocenters. The monoisotopic (exact) mass is 243 g/mol. The average Bonchev–Trinajstić information content (AvgIpc) is 2.13. The zero-order chi connectivity index (χ0) is 13.8. The van der Waals surface area contributed by atoms with Gasteiger partial charge in [0.25, 0.3) is 0 Å². The van der Waals surface area contributed by atoms with Crippen LogP contribution in [0, 0.1) is 11.3 Å². The Labute approximate surface area is 106 Å². The molecule has 0 aromatic heterocycles. The van der Waals surface area contributed by atoms with Gasteiger partial charge in [-0.05, 0) is 25.4 Å². The molecule has 3 N–H and O–H groups in total. The van der Waals surface area contributed by atoms with Crippen LogP contribution in [-0.4, -0.2) is 43.5 Å². The van der Waals surface area contributed by atoms with Crippen molar-refractivity contribution in [2.24, 2.45) is 17.1 Å². The van der Waals surface area contributed by atoms with Crippen LogP contribution in [0.25, 0.3) is 0 Å².